The van der Waals surface area contributed by atoms with Gasteiger partial charge in [0.2, 0.25) is 0 Å². The molecule has 2 aromatic rings. The molecular formula is C13H18N4O. The van der Waals surface area contributed by atoms with Crippen molar-refractivity contribution in [2.75, 3.05) is 6.61 Å². The highest BCUT2D eigenvalue weighted by molar-refractivity contribution is 5.48. The van der Waals surface area contributed by atoms with Crippen LogP contribution in [0.2, 0.25) is 0 Å². The molecule has 1 aliphatic carbocycles. The fraction of sp³-hybridized carbons (Fsp3) is 0.538. The van der Waals surface area contributed by atoms with Gasteiger partial charge in [-0.3, -0.25) is 0 Å². The molecule has 0 aromatic carbocycles. The van der Waals surface area contributed by atoms with Gasteiger partial charge in [0.1, 0.15) is 5.69 Å². The second-order valence-electron chi connectivity index (χ2n) is 4.99. The summed E-state index contributed by atoms with van der Waals surface area (Å²) in [6.07, 6.45) is 11.8. The molecular weight excluding hydrogens is 228 g/mol. The molecule has 0 amide bonds. The Balaban J connectivity index is 1.86. The molecule has 3 rings (SSSR count). The summed E-state index contributed by atoms with van der Waals surface area (Å²) < 4.78 is 2.22. The summed E-state index contributed by atoms with van der Waals surface area (Å²) in [5.41, 5.74) is 0.950. The van der Waals surface area contributed by atoms with Crippen LogP contribution in [-0.4, -0.2) is 31.2 Å². The second kappa shape index (κ2) is 4.94. The smallest absolute Gasteiger partial charge is 0.158 e. The molecule has 0 radical (unpaired) electrons. The molecule has 2 N–H and O–H groups in total. The normalized spacial score (nSPS) is 24.3. The van der Waals surface area contributed by atoms with Crippen LogP contribution in [0.15, 0.2) is 24.9 Å². The highest BCUT2D eigenvalue weighted by atomic mass is 16.3. The number of aromatic nitrogens is 4. The Hall–Kier alpha value is -1.62. The maximum Gasteiger partial charge on any atom is 0.158 e. The minimum atomic E-state index is 0.296. The molecule has 0 spiro atoms. The molecule has 0 saturated heterocycles. The van der Waals surface area contributed by atoms with Gasteiger partial charge in [-0.25, -0.2) is 9.97 Å². The zero-order valence-electron chi connectivity index (χ0n) is 10.3. The molecule has 1 fully saturated rings. The Morgan fingerprint density at radius 3 is 3.17 bits per heavy atom. The highest BCUT2D eigenvalue weighted by Gasteiger charge is 2.24. The molecule has 2 atom stereocenters. The average molecular weight is 246 g/mol. The molecule has 2 heterocycles. The van der Waals surface area contributed by atoms with E-state index in [1.807, 2.05) is 12.4 Å². The van der Waals surface area contributed by atoms with Crippen LogP contribution in [-0.2, 0) is 0 Å². The first-order valence-corrected chi connectivity index (χ1v) is 6.51. The number of aliphatic hydroxyl groups excluding tert-OH is 1. The zero-order chi connectivity index (χ0) is 12.4. The second-order valence-corrected chi connectivity index (χ2v) is 4.99. The number of H-pyrrole nitrogens is 1. The summed E-state index contributed by atoms with van der Waals surface area (Å²) in [5, 5.41) is 9.32. The van der Waals surface area contributed by atoms with E-state index >= 15 is 0 Å². The fourth-order valence-electron chi connectivity index (χ4n) is 2.88. The molecule has 0 bridgehead atoms. The molecule has 1 saturated carbocycles. The van der Waals surface area contributed by atoms with Crippen molar-refractivity contribution in [2.45, 2.75) is 31.7 Å². The van der Waals surface area contributed by atoms with Gasteiger partial charge in [-0.1, -0.05) is 6.42 Å². The minimum Gasteiger partial charge on any atom is -0.396 e. The summed E-state index contributed by atoms with van der Waals surface area (Å²) in [6, 6.07) is 0.441. The first kappa shape index (κ1) is 11.5. The van der Waals surface area contributed by atoms with E-state index in [0.29, 0.717) is 18.6 Å². The van der Waals surface area contributed by atoms with Crippen molar-refractivity contribution in [1.29, 1.82) is 0 Å². The SMILES string of the molecule is OC[C@H]1CCC[C@@H](n2ccnc2-c2cnc[nH]2)C1. The number of imidazole rings is 2. The maximum absolute atomic E-state index is 9.32. The first-order valence-electron chi connectivity index (χ1n) is 6.51. The predicted molar refractivity (Wildman–Crippen MR) is 67.9 cm³/mol. The van der Waals surface area contributed by atoms with E-state index in [9.17, 15) is 5.11 Å². The van der Waals surface area contributed by atoms with Crippen molar-refractivity contribution in [3.8, 4) is 11.5 Å². The fourth-order valence-corrected chi connectivity index (χ4v) is 2.88. The molecule has 0 aliphatic heterocycles. The average Bonchev–Trinajstić information content (AvgIpc) is 3.09. The lowest BCUT2D eigenvalue weighted by Gasteiger charge is -2.29. The summed E-state index contributed by atoms with van der Waals surface area (Å²) in [5.74, 6) is 1.37. The lowest BCUT2D eigenvalue weighted by atomic mass is 9.86. The van der Waals surface area contributed by atoms with E-state index < -0.39 is 0 Å². The molecule has 5 nitrogen and oxygen atoms in total. The van der Waals surface area contributed by atoms with Gasteiger partial charge >= 0.3 is 0 Å². The summed E-state index contributed by atoms with van der Waals surface area (Å²) in [6.45, 7) is 0.296. The minimum absolute atomic E-state index is 0.296. The number of hydrogen-bond donors (Lipinski definition) is 2. The van der Waals surface area contributed by atoms with Gasteiger partial charge in [-0.15, -0.1) is 0 Å². The van der Waals surface area contributed by atoms with Gasteiger partial charge in [-0.05, 0) is 25.2 Å². The molecule has 96 valence electrons. The third kappa shape index (κ3) is 2.06. The molecule has 2 aromatic heterocycles. The van der Waals surface area contributed by atoms with Gasteiger partial charge in [0, 0.05) is 25.0 Å². The Morgan fingerprint density at radius 2 is 2.39 bits per heavy atom. The van der Waals surface area contributed by atoms with Crippen molar-refractivity contribution >= 4 is 0 Å². The van der Waals surface area contributed by atoms with E-state index in [-0.39, 0.29) is 0 Å². The van der Waals surface area contributed by atoms with Crippen LogP contribution in [0.25, 0.3) is 11.5 Å². The van der Waals surface area contributed by atoms with Crippen molar-refractivity contribution in [3.05, 3.63) is 24.9 Å². The van der Waals surface area contributed by atoms with Gasteiger partial charge in [0.05, 0.1) is 12.5 Å². The van der Waals surface area contributed by atoms with Crippen LogP contribution in [0.1, 0.15) is 31.7 Å². The highest BCUT2D eigenvalue weighted by Crippen LogP contribution is 2.34. The first-order chi connectivity index (χ1) is 8.88. The molecule has 1 aliphatic rings. The molecule has 18 heavy (non-hydrogen) atoms. The lowest BCUT2D eigenvalue weighted by Crippen LogP contribution is -2.21. The van der Waals surface area contributed by atoms with E-state index in [0.717, 1.165) is 30.8 Å². The predicted octanol–water partition coefficient (Wildman–Crippen LogP) is 2.00. The largest absolute Gasteiger partial charge is 0.396 e. The summed E-state index contributed by atoms with van der Waals surface area (Å²) in [4.78, 5) is 11.6. The zero-order valence-corrected chi connectivity index (χ0v) is 10.3. The molecule has 0 unspecified atom stereocenters. The van der Waals surface area contributed by atoms with Crippen molar-refractivity contribution in [2.24, 2.45) is 5.92 Å². The summed E-state index contributed by atoms with van der Waals surface area (Å²) >= 11 is 0. The Bertz CT molecular complexity index is 491. The van der Waals surface area contributed by atoms with Crippen LogP contribution in [0.3, 0.4) is 0 Å². The Morgan fingerprint density at radius 1 is 1.44 bits per heavy atom. The van der Waals surface area contributed by atoms with Crippen LogP contribution in [0, 0.1) is 5.92 Å². The van der Waals surface area contributed by atoms with Crippen LogP contribution < -0.4 is 0 Å². The monoisotopic (exact) mass is 246 g/mol. The van der Waals surface area contributed by atoms with Gasteiger partial charge < -0.3 is 14.7 Å². The maximum atomic E-state index is 9.32. The Kier molecular flexibility index (Phi) is 3.15. The van der Waals surface area contributed by atoms with Crippen molar-refractivity contribution in [3.63, 3.8) is 0 Å². The number of aromatic amines is 1. The van der Waals surface area contributed by atoms with Crippen LogP contribution >= 0.6 is 0 Å². The van der Waals surface area contributed by atoms with Crippen molar-refractivity contribution < 1.29 is 5.11 Å². The van der Waals surface area contributed by atoms with E-state index in [1.54, 1.807) is 12.5 Å². The number of rotatable bonds is 3. The Labute approximate surface area is 106 Å². The quantitative estimate of drug-likeness (QED) is 0.870. The molecule has 5 heteroatoms. The number of nitrogens with one attached hydrogen (secondary N) is 1. The third-order valence-electron chi connectivity index (χ3n) is 3.81. The van der Waals surface area contributed by atoms with Gasteiger partial charge in [-0.2, -0.15) is 0 Å². The number of nitrogens with zero attached hydrogens (tertiary/aromatic N) is 3. The van der Waals surface area contributed by atoms with Crippen LogP contribution in [0.4, 0.5) is 0 Å². The lowest BCUT2D eigenvalue weighted by molar-refractivity contribution is 0.163. The van der Waals surface area contributed by atoms with E-state index in [4.69, 9.17) is 0 Å². The van der Waals surface area contributed by atoms with E-state index in [1.165, 1.54) is 6.42 Å². The number of hydrogen-bond acceptors (Lipinski definition) is 3. The standard InChI is InChI=1S/C13H18N4O/c18-8-10-2-1-3-11(6-10)17-5-4-15-13(17)12-7-14-9-16-12/h4-5,7,9-11,18H,1-3,6,8H2,(H,14,16)/t10-,11+/m0/s1. The summed E-state index contributed by atoms with van der Waals surface area (Å²) in [7, 11) is 0. The third-order valence-corrected chi connectivity index (χ3v) is 3.81. The van der Waals surface area contributed by atoms with E-state index in [2.05, 4.69) is 19.5 Å². The van der Waals surface area contributed by atoms with Crippen molar-refractivity contribution in [1.82, 2.24) is 19.5 Å². The van der Waals surface area contributed by atoms with Gasteiger partial charge in [0.15, 0.2) is 5.82 Å². The topological polar surface area (TPSA) is 66.7 Å². The van der Waals surface area contributed by atoms with Crippen LogP contribution in [0.5, 0.6) is 0 Å². The van der Waals surface area contributed by atoms with Gasteiger partial charge in [0.25, 0.3) is 0 Å². The number of aliphatic hydroxyl groups is 1.